The third-order valence-electron chi connectivity index (χ3n) is 5.73. The number of fused-ring (bicyclic) bond motifs is 3. The van der Waals surface area contributed by atoms with Gasteiger partial charge >= 0.3 is 0 Å². The summed E-state index contributed by atoms with van der Waals surface area (Å²) in [6, 6.07) is 25.7. The van der Waals surface area contributed by atoms with Gasteiger partial charge in [-0.2, -0.15) is 0 Å². The van der Waals surface area contributed by atoms with Gasteiger partial charge in [-0.15, -0.1) is 0 Å². The van der Waals surface area contributed by atoms with Crippen molar-refractivity contribution >= 4 is 16.8 Å². The Bertz CT molecular complexity index is 1180. The lowest BCUT2D eigenvalue weighted by molar-refractivity contribution is 0.0692. The second kappa shape index (κ2) is 7.13. The number of benzene rings is 3. The highest BCUT2D eigenvalue weighted by Crippen LogP contribution is 2.39. The van der Waals surface area contributed by atoms with E-state index in [0.717, 1.165) is 28.9 Å². The molecule has 0 saturated heterocycles. The van der Waals surface area contributed by atoms with Crippen molar-refractivity contribution in [3.05, 3.63) is 101 Å². The number of aromatic nitrogens is 1. The third-order valence-corrected chi connectivity index (χ3v) is 5.73. The summed E-state index contributed by atoms with van der Waals surface area (Å²) in [5.74, 6) is 0.834. The molecule has 5 rings (SSSR count). The zero-order valence-corrected chi connectivity index (χ0v) is 16.3. The van der Waals surface area contributed by atoms with E-state index in [4.69, 9.17) is 4.74 Å². The fourth-order valence-electron chi connectivity index (χ4n) is 4.36. The summed E-state index contributed by atoms with van der Waals surface area (Å²) in [7, 11) is 1.67. The van der Waals surface area contributed by atoms with Crippen molar-refractivity contribution in [3.8, 4) is 5.75 Å². The van der Waals surface area contributed by atoms with E-state index in [2.05, 4.69) is 29.2 Å². The summed E-state index contributed by atoms with van der Waals surface area (Å²) >= 11 is 0. The quantitative estimate of drug-likeness (QED) is 0.544. The van der Waals surface area contributed by atoms with Crippen LogP contribution in [0.2, 0.25) is 0 Å². The minimum Gasteiger partial charge on any atom is -0.497 e. The Morgan fingerprint density at radius 3 is 2.62 bits per heavy atom. The molecule has 29 heavy (non-hydrogen) atoms. The molecule has 144 valence electrons. The maximum Gasteiger partial charge on any atom is 0.254 e. The highest BCUT2D eigenvalue weighted by Gasteiger charge is 2.35. The average Bonchev–Trinajstić information content (AvgIpc) is 3.17. The van der Waals surface area contributed by atoms with Crippen LogP contribution in [0.15, 0.2) is 78.9 Å². The SMILES string of the molecule is COc1cccc(C2c3[nH]c4ccccc4c3CCN2C(=O)c2ccccc2)c1. The fraction of sp³-hybridized carbons (Fsp3) is 0.160. The first-order chi connectivity index (χ1) is 14.3. The molecule has 1 aromatic heterocycles. The van der Waals surface area contributed by atoms with Crippen LogP contribution in [-0.4, -0.2) is 29.4 Å². The number of aromatic amines is 1. The Labute approximate surface area is 169 Å². The zero-order chi connectivity index (χ0) is 19.8. The highest BCUT2D eigenvalue weighted by atomic mass is 16.5. The summed E-state index contributed by atoms with van der Waals surface area (Å²) < 4.78 is 5.46. The molecule has 1 aliphatic rings. The Balaban J connectivity index is 1.68. The van der Waals surface area contributed by atoms with Gasteiger partial charge in [0.15, 0.2) is 0 Å². The molecule has 3 aromatic carbocycles. The van der Waals surface area contributed by atoms with Crippen LogP contribution in [0.3, 0.4) is 0 Å². The average molecular weight is 382 g/mol. The Hall–Kier alpha value is -3.53. The van der Waals surface area contributed by atoms with Crippen LogP contribution in [0.4, 0.5) is 0 Å². The lowest BCUT2D eigenvalue weighted by Crippen LogP contribution is -2.40. The molecule has 4 heteroatoms. The molecule has 2 heterocycles. The van der Waals surface area contributed by atoms with Crippen LogP contribution in [0.25, 0.3) is 10.9 Å². The van der Waals surface area contributed by atoms with Crippen LogP contribution in [0, 0.1) is 0 Å². The number of H-pyrrole nitrogens is 1. The number of nitrogens with one attached hydrogen (secondary N) is 1. The number of para-hydroxylation sites is 1. The molecule has 1 amide bonds. The standard InChI is InChI=1S/C25H22N2O2/c1-29-19-11-7-10-18(16-19)24-23-21(20-12-5-6-13-22(20)26-23)14-15-27(24)25(28)17-8-3-2-4-9-17/h2-13,16,24,26H,14-15H2,1H3. The van der Waals surface area contributed by atoms with Crippen molar-refractivity contribution in [2.75, 3.05) is 13.7 Å². The normalized spacial score (nSPS) is 15.9. The molecule has 4 nitrogen and oxygen atoms in total. The van der Waals surface area contributed by atoms with Crippen molar-refractivity contribution in [2.45, 2.75) is 12.5 Å². The van der Waals surface area contributed by atoms with E-state index in [9.17, 15) is 4.79 Å². The van der Waals surface area contributed by atoms with Gasteiger partial charge in [0.1, 0.15) is 5.75 Å². The molecule has 1 N–H and O–H groups in total. The molecule has 0 bridgehead atoms. The van der Waals surface area contributed by atoms with Crippen molar-refractivity contribution in [3.63, 3.8) is 0 Å². The number of carbonyl (C=O) groups is 1. The summed E-state index contributed by atoms with van der Waals surface area (Å²) in [5, 5.41) is 1.24. The van der Waals surface area contributed by atoms with Crippen LogP contribution < -0.4 is 4.74 Å². The largest absolute Gasteiger partial charge is 0.497 e. The van der Waals surface area contributed by atoms with E-state index in [0.29, 0.717) is 12.1 Å². The fourth-order valence-corrected chi connectivity index (χ4v) is 4.36. The Morgan fingerprint density at radius 2 is 1.79 bits per heavy atom. The van der Waals surface area contributed by atoms with Crippen LogP contribution in [0.5, 0.6) is 5.75 Å². The topological polar surface area (TPSA) is 45.3 Å². The van der Waals surface area contributed by atoms with Crippen molar-refractivity contribution < 1.29 is 9.53 Å². The summed E-state index contributed by atoms with van der Waals surface area (Å²) in [4.78, 5) is 19.0. The maximum absolute atomic E-state index is 13.4. The number of hydrogen-bond acceptors (Lipinski definition) is 2. The van der Waals surface area contributed by atoms with E-state index in [1.807, 2.05) is 59.5 Å². The van der Waals surface area contributed by atoms with Gasteiger partial charge in [0.25, 0.3) is 5.91 Å². The molecule has 1 atom stereocenters. The minimum absolute atomic E-state index is 0.0442. The van der Waals surface area contributed by atoms with Gasteiger partial charge < -0.3 is 14.6 Å². The van der Waals surface area contributed by atoms with Gasteiger partial charge in [0.2, 0.25) is 0 Å². The van der Waals surface area contributed by atoms with Gasteiger partial charge in [-0.3, -0.25) is 4.79 Å². The molecular formula is C25H22N2O2. The molecule has 1 unspecified atom stereocenters. The van der Waals surface area contributed by atoms with E-state index < -0.39 is 0 Å². The highest BCUT2D eigenvalue weighted by molar-refractivity contribution is 5.95. The number of methoxy groups -OCH3 is 1. The van der Waals surface area contributed by atoms with Gasteiger partial charge in [-0.25, -0.2) is 0 Å². The van der Waals surface area contributed by atoms with Crippen LogP contribution in [-0.2, 0) is 6.42 Å². The summed E-state index contributed by atoms with van der Waals surface area (Å²) in [6.07, 6.45) is 0.832. The van der Waals surface area contributed by atoms with E-state index in [1.165, 1.54) is 10.9 Å². The van der Waals surface area contributed by atoms with Crippen molar-refractivity contribution in [1.82, 2.24) is 9.88 Å². The third kappa shape index (κ3) is 2.97. The minimum atomic E-state index is -0.186. The van der Waals surface area contributed by atoms with Gasteiger partial charge in [-0.1, -0.05) is 48.5 Å². The van der Waals surface area contributed by atoms with Crippen LogP contribution >= 0.6 is 0 Å². The molecule has 0 spiro atoms. The second-order valence-electron chi connectivity index (χ2n) is 7.36. The van der Waals surface area contributed by atoms with Gasteiger partial charge in [0, 0.05) is 28.7 Å². The van der Waals surface area contributed by atoms with Gasteiger partial charge in [-0.05, 0) is 47.9 Å². The number of amides is 1. The Morgan fingerprint density at radius 1 is 1.00 bits per heavy atom. The molecular weight excluding hydrogens is 360 g/mol. The van der Waals surface area contributed by atoms with E-state index >= 15 is 0 Å². The number of ether oxygens (including phenoxy) is 1. The molecule has 0 radical (unpaired) electrons. The molecule has 0 aliphatic carbocycles. The summed E-state index contributed by atoms with van der Waals surface area (Å²) in [5.41, 5.74) is 5.25. The molecule has 4 aromatic rings. The van der Waals surface area contributed by atoms with Crippen LogP contribution in [0.1, 0.15) is 33.2 Å². The predicted octanol–water partition coefficient (Wildman–Crippen LogP) is 4.96. The lowest BCUT2D eigenvalue weighted by atomic mass is 9.91. The second-order valence-corrected chi connectivity index (χ2v) is 7.36. The number of nitrogens with zero attached hydrogens (tertiary/aromatic N) is 1. The first-order valence-corrected chi connectivity index (χ1v) is 9.85. The first-order valence-electron chi connectivity index (χ1n) is 9.85. The first kappa shape index (κ1) is 17.6. The van der Waals surface area contributed by atoms with E-state index in [-0.39, 0.29) is 11.9 Å². The monoisotopic (exact) mass is 382 g/mol. The van der Waals surface area contributed by atoms with Gasteiger partial charge in [0.05, 0.1) is 13.2 Å². The maximum atomic E-state index is 13.4. The van der Waals surface area contributed by atoms with Crippen molar-refractivity contribution in [2.24, 2.45) is 0 Å². The summed E-state index contributed by atoms with van der Waals surface area (Å²) in [6.45, 7) is 0.671. The molecule has 0 fully saturated rings. The number of hydrogen-bond donors (Lipinski definition) is 1. The molecule has 0 saturated carbocycles. The Kier molecular flexibility index (Phi) is 4.32. The molecule has 1 aliphatic heterocycles. The zero-order valence-electron chi connectivity index (χ0n) is 16.3. The smallest absolute Gasteiger partial charge is 0.254 e. The number of rotatable bonds is 3. The van der Waals surface area contributed by atoms with E-state index in [1.54, 1.807) is 7.11 Å². The van der Waals surface area contributed by atoms with Crippen molar-refractivity contribution in [1.29, 1.82) is 0 Å². The number of carbonyl (C=O) groups excluding carboxylic acids is 1. The lowest BCUT2D eigenvalue weighted by Gasteiger charge is -2.36. The predicted molar refractivity (Wildman–Crippen MR) is 114 cm³/mol.